The van der Waals surface area contributed by atoms with Crippen molar-refractivity contribution in [3.8, 4) is 0 Å². The fourth-order valence-electron chi connectivity index (χ4n) is 1.23. The fraction of sp³-hybridized carbons (Fsp3) is 0.400. The number of amides is 1. The molecular formula is C10H16N4O. The molecule has 0 aliphatic carbocycles. The minimum Gasteiger partial charge on any atom is -0.322 e. The van der Waals surface area contributed by atoms with Crippen molar-refractivity contribution >= 4 is 11.6 Å². The molecule has 0 radical (unpaired) electrons. The lowest BCUT2D eigenvalue weighted by Gasteiger charge is -2.08. The van der Waals surface area contributed by atoms with E-state index in [0.717, 1.165) is 5.69 Å². The number of nitrogens with one attached hydrogen (secondary N) is 1. The molecule has 5 nitrogen and oxygen atoms in total. The zero-order valence-corrected chi connectivity index (χ0v) is 9.03. The van der Waals surface area contributed by atoms with Gasteiger partial charge < -0.3 is 11.1 Å². The van der Waals surface area contributed by atoms with Crippen LogP contribution in [0.3, 0.4) is 0 Å². The Hall–Kier alpha value is -1.62. The number of carbonyl (C=O) groups excluding carboxylic acids is 1. The van der Waals surface area contributed by atoms with Crippen LogP contribution >= 0.6 is 0 Å². The van der Waals surface area contributed by atoms with Gasteiger partial charge in [0.15, 0.2) is 0 Å². The van der Waals surface area contributed by atoms with E-state index in [2.05, 4.69) is 17.0 Å². The van der Waals surface area contributed by atoms with E-state index in [1.165, 1.54) is 0 Å². The zero-order chi connectivity index (χ0) is 11.4. The van der Waals surface area contributed by atoms with Crippen LogP contribution in [0.2, 0.25) is 0 Å². The molecule has 1 atom stereocenters. The van der Waals surface area contributed by atoms with Gasteiger partial charge in [0.1, 0.15) is 0 Å². The zero-order valence-electron chi connectivity index (χ0n) is 9.03. The molecule has 1 rings (SSSR count). The van der Waals surface area contributed by atoms with Gasteiger partial charge in [-0.05, 0) is 13.3 Å². The molecular weight excluding hydrogens is 192 g/mol. The molecule has 0 saturated carbocycles. The van der Waals surface area contributed by atoms with Crippen LogP contribution < -0.4 is 11.1 Å². The standard InChI is InChI=1S/C10H16N4O/c1-4-5-8(11)10(15)12-9-6-14(3)13-7(9)2/h4,6,8H,1,5,11H2,2-3H3,(H,12,15). The molecule has 82 valence electrons. The van der Waals surface area contributed by atoms with Crippen molar-refractivity contribution in [2.24, 2.45) is 12.8 Å². The molecule has 1 heterocycles. The smallest absolute Gasteiger partial charge is 0.241 e. The van der Waals surface area contributed by atoms with E-state index in [1.54, 1.807) is 24.0 Å². The highest BCUT2D eigenvalue weighted by molar-refractivity contribution is 5.95. The Bertz CT molecular complexity index is 369. The van der Waals surface area contributed by atoms with Gasteiger partial charge in [-0.2, -0.15) is 5.10 Å². The van der Waals surface area contributed by atoms with Crippen LogP contribution in [-0.2, 0) is 11.8 Å². The highest BCUT2D eigenvalue weighted by Crippen LogP contribution is 2.11. The quantitative estimate of drug-likeness (QED) is 0.710. The molecule has 0 spiro atoms. The number of aromatic nitrogens is 2. The summed E-state index contributed by atoms with van der Waals surface area (Å²) in [5, 5.41) is 6.83. The van der Waals surface area contributed by atoms with Crippen LogP contribution in [0.15, 0.2) is 18.9 Å². The summed E-state index contributed by atoms with van der Waals surface area (Å²) in [7, 11) is 1.80. The molecule has 1 aromatic rings. The Balaban J connectivity index is 2.65. The molecule has 1 amide bonds. The fourth-order valence-corrected chi connectivity index (χ4v) is 1.23. The lowest BCUT2D eigenvalue weighted by atomic mass is 10.2. The van der Waals surface area contributed by atoms with E-state index in [9.17, 15) is 4.79 Å². The van der Waals surface area contributed by atoms with E-state index in [0.29, 0.717) is 12.1 Å². The highest BCUT2D eigenvalue weighted by Gasteiger charge is 2.13. The predicted octanol–water partition coefficient (Wildman–Crippen LogP) is 0.570. The first-order chi connectivity index (χ1) is 7.04. The van der Waals surface area contributed by atoms with Gasteiger partial charge in [0.25, 0.3) is 0 Å². The van der Waals surface area contributed by atoms with Gasteiger partial charge in [-0.1, -0.05) is 6.08 Å². The lowest BCUT2D eigenvalue weighted by molar-refractivity contribution is -0.117. The van der Waals surface area contributed by atoms with Crippen LogP contribution in [0.25, 0.3) is 0 Å². The lowest BCUT2D eigenvalue weighted by Crippen LogP contribution is -2.35. The summed E-state index contributed by atoms with van der Waals surface area (Å²) in [5.41, 5.74) is 7.09. The van der Waals surface area contributed by atoms with Crippen molar-refractivity contribution in [3.63, 3.8) is 0 Å². The number of carbonyl (C=O) groups is 1. The van der Waals surface area contributed by atoms with Gasteiger partial charge in [-0.25, -0.2) is 0 Å². The monoisotopic (exact) mass is 208 g/mol. The highest BCUT2D eigenvalue weighted by atomic mass is 16.2. The first-order valence-corrected chi connectivity index (χ1v) is 4.72. The third-order valence-electron chi connectivity index (χ3n) is 2.03. The molecule has 0 fully saturated rings. The second-order valence-electron chi connectivity index (χ2n) is 3.42. The Labute approximate surface area is 89.0 Å². The Kier molecular flexibility index (Phi) is 3.62. The van der Waals surface area contributed by atoms with E-state index < -0.39 is 6.04 Å². The SMILES string of the molecule is C=CCC(N)C(=O)Nc1cn(C)nc1C. The molecule has 0 saturated heterocycles. The molecule has 0 aliphatic rings. The molecule has 3 N–H and O–H groups in total. The number of aryl methyl sites for hydroxylation is 2. The maximum absolute atomic E-state index is 11.5. The van der Waals surface area contributed by atoms with E-state index in [4.69, 9.17) is 5.73 Å². The molecule has 0 bridgehead atoms. The number of nitrogens with two attached hydrogens (primary N) is 1. The van der Waals surface area contributed by atoms with Crippen LogP contribution in [0.5, 0.6) is 0 Å². The van der Waals surface area contributed by atoms with Crippen molar-refractivity contribution in [3.05, 3.63) is 24.5 Å². The summed E-state index contributed by atoms with van der Waals surface area (Å²) in [6.07, 6.45) is 3.83. The summed E-state index contributed by atoms with van der Waals surface area (Å²) >= 11 is 0. The summed E-state index contributed by atoms with van der Waals surface area (Å²) in [5.74, 6) is -0.217. The molecule has 1 unspecified atom stereocenters. The maximum atomic E-state index is 11.5. The number of rotatable bonds is 4. The van der Waals surface area contributed by atoms with Gasteiger partial charge in [0.2, 0.25) is 5.91 Å². The van der Waals surface area contributed by atoms with E-state index >= 15 is 0 Å². The summed E-state index contributed by atoms with van der Waals surface area (Å²) in [4.78, 5) is 11.5. The minimum absolute atomic E-state index is 0.217. The average Bonchev–Trinajstić information content (AvgIpc) is 2.45. The van der Waals surface area contributed by atoms with Crippen LogP contribution in [0.1, 0.15) is 12.1 Å². The normalized spacial score (nSPS) is 12.2. The number of hydrogen-bond donors (Lipinski definition) is 2. The van der Waals surface area contributed by atoms with E-state index in [1.807, 2.05) is 6.92 Å². The predicted molar refractivity (Wildman–Crippen MR) is 59.4 cm³/mol. The minimum atomic E-state index is -0.554. The van der Waals surface area contributed by atoms with Gasteiger partial charge in [0.05, 0.1) is 17.4 Å². The Morgan fingerprint density at radius 1 is 1.87 bits per heavy atom. The average molecular weight is 208 g/mol. The van der Waals surface area contributed by atoms with Crippen molar-refractivity contribution < 1.29 is 4.79 Å². The van der Waals surface area contributed by atoms with Gasteiger partial charge in [0, 0.05) is 13.2 Å². The molecule has 5 heteroatoms. The molecule has 15 heavy (non-hydrogen) atoms. The largest absolute Gasteiger partial charge is 0.322 e. The second-order valence-corrected chi connectivity index (χ2v) is 3.42. The van der Waals surface area contributed by atoms with Crippen LogP contribution in [0.4, 0.5) is 5.69 Å². The Morgan fingerprint density at radius 2 is 2.53 bits per heavy atom. The van der Waals surface area contributed by atoms with Gasteiger partial charge in [-0.3, -0.25) is 9.48 Å². The molecule has 0 aromatic carbocycles. The number of anilines is 1. The summed E-state index contributed by atoms with van der Waals surface area (Å²) in [6, 6.07) is -0.554. The van der Waals surface area contributed by atoms with Crippen molar-refractivity contribution in [1.29, 1.82) is 0 Å². The van der Waals surface area contributed by atoms with Crippen molar-refractivity contribution in [2.45, 2.75) is 19.4 Å². The topological polar surface area (TPSA) is 72.9 Å². The third-order valence-corrected chi connectivity index (χ3v) is 2.03. The second kappa shape index (κ2) is 4.75. The third kappa shape index (κ3) is 2.92. The first-order valence-electron chi connectivity index (χ1n) is 4.72. The molecule has 1 aromatic heterocycles. The van der Waals surface area contributed by atoms with Gasteiger partial charge >= 0.3 is 0 Å². The maximum Gasteiger partial charge on any atom is 0.241 e. The van der Waals surface area contributed by atoms with Gasteiger partial charge in [-0.15, -0.1) is 6.58 Å². The summed E-state index contributed by atoms with van der Waals surface area (Å²) < 4.78 is 1.64. The first kappa shape index (κ1) is 11.5. The van der Waals surface area contributed by atoms with Crippen molar-refractivity contribution in [1.82, 2.24) is 9.78 Å². The number of hydrogen-bond acceptors (Lipinski definition) is 3. The number of nitrogens with zero attached hydrogens (tertiary/aromatic N) is 2. The Morgan fingerprint density at radius 3 is 3.00 bits per heavy atom. The molecule has 0 aliphatic heterocycles. The van der Waals surface area contributed by atoms with Crippen LogP contribution in [-0.4, -0.2) is 21.7 Å². The van der Waals surface area contributed by atoms with E-state index in [-0.39, 0.29) is 5.91 Å². The summed E-state index contributed by atoms with van der Waals surface area (Å²) in [6.45, 7) is 5.36. The van der Waals surface area contributed by atoms with Crippen molar-refractivity contribution in [2.75, 3.05) is 5.32 Å². The van der Waals surface area contributed by atoms with Crippen LogP contribution in [0, 0.1) is 6.92 Å².